The van der Waals surface area contributed by atoms with E-state index in [1.54, 1.807) is 12.1 Å². The molecule has 1 heterocycles. The molecule has 1 aromatic heterocycles. The largest absolute Gasteiger partial charge is 0.492 e. The summed E-state index contributed by atoms with van der Waals surface area (Å²) in [6, 6.07) is 4.34. The van der Waals surface area contributed by atoms with Crippen LogP contribution in [-0.4, -0.2) is 25.2 Å². The first kappa shape index (κ1) is 19.0. The molecule has 1 fully saturated rings. The first-order chi connectivity index (χ1) is 12.5. The van der Waals surface area contributed by atoms with Gasteiger partial charge in [0.05, 0.1) is 6.61 Å². The minimum atomic E-state index is -3.96. The maximum atomic E-state index is 12.7. The van der Waals surface area contributed by atoms with Gasteiger partial charge < -0.3 is 9.15 Å². The molecule has 0 saturated heterocycles. The maximum absolute atomic E-state index is 12.7. The zero-order valence-corrected chi connectivity index (χ0v) is 16.1. The van der Waals surface area contributed by atoms with Gasteiger partial charge in [0.15, 0.2) is 0 Å². The number of hydrogen-bond acceptors (Lipinski definition) is 6. The Hall–Kier alpha value is -1.80. The Morgan fingerprint density at radius 2 is 2.15 bits per heavy atom. The van der Waals surface area contributed by atoms with E-state index in [4.69, 9.17) is 20.8 Å². The lowest BCUT2D eigenvalue weighted by Gasteiger charge is -2.12. The molecule has 7 nitrogen and oxygen atoms in total. The van der Waals surface area contributed by atoms with Crippen molar-refractivity contribution in [3.63, 3.8) is 0 Å². The topological polar surface area (TPSA) is 94.3 Å². The van der Waals surface area contributed by atoms with Crippen molar-refractivity contribution in [3.8, 4) is 5.75 Å². The van der Waals surface area contributed by atoms with Crippen molar-refractivity contribution < 1.29 is 17.6 Å². The SMILES string of the molecule is CCCCc1nnc(NS(=O)(=O)c2cc(Cl)ccc2OCCC2CC2)o1. The van der Waals surface area contributed by atoms with E-state index in [2.05, 4.69) is 14.9 Å². The number of anilines is 1. The summed E-state index contributed by atoms with van der Waals surface area (Å²) >= 11 is 5.98. The second kappa shape index (κ2) is 8.26. The fourth-order valence-electron chi connectivity index (χ4n) is 2.45. The molecular formula is C17H22ClN3O4S. The van der Waals surface area contributed by atoms with Crippen molar-refractivity contribution in [2.45, 2.75) is 50.3 Å². The summed E-state index contributed by atoms with van der Waals surface area (Å²) in [5, 5.41) is 7.89. The van der Waals surface area contributed by atoms with E-state index < -0.39 is 10.0 Å². The highest BCUT2D eigenvalue weighted by atomic mass is 35.5. The predicted molar refractivity (Wildman–Crippen MR) is 98.0 cm³/mol. The summed E-state index contributed by atoms with van der Waals surface area (Å²) in [7, 11) is -3.96. The molecule has 142 valence electrons. The first-order valence-corrected chi connectivity index (χ1v) is 10.6. The van der Waals surface area contributed by atoms with Gasteiger partial charge in [-0.15, -0.1) is 5.10 Å². The fraction of sp³-hybridized carbons (Fsp3) is 0.529. The fourth-order valence-corrected chi connectivity index (χ4v) is 3.78. The van der Waals surface area contributed by atoms with Crippen LogP contribution in [0.5, 0.6) is 5.75 Å². The Labute approximate surface area is 158 Å². The minimum absolute atomic E-state index is 0.0471. The number of halogens is 1. The van der Waals surface area contributed by atoms with Crippen LogP contribution in [0.15, 0.2) is 27.5 Å². The van der Waals surface area contributed by atoms with Gasteiger partial charge in [-0.25, -0.2) is 13.1 Å². The maximum Gasteiger partial charge on any atom is 0.329 e. The molecule has 0 amide bonds. The average molecular weight is 400 g/mol. The molecule has 26 heavy (non-hydrogen) atoms. The van der Waals surface area contributed by atoms with Crippen LogP contribution in [0.3, 0.4) is 0 Å². The predicted octanol–water partition coefficient (Wildman–Crippen LogP) is 4.05. The number of sulfonamides is 1. The molecule has 1 N–H and O–H groups in total. The third-order valence-electron chi connectivity index (χ3n) is 4.11. The number of ether oxygens (including phenoxy) is 1. The lowest BCUT2D eigenvalue weighted by Crippen LogP contribution is -2.15. The number of nitrogens with zero attached hydrogens (tertiary/aromatic N) is 2. The smallest absolute Gasteiger partial charge is 0.329 e. The lowest BCUT2D eigenvalue weighted by atomic mass is 10.2. The van der Waals surface area contributed by atoms with Gasteiger partial charge in [-0.1, -0.05) is 42.9 Å². The third kappa shape index (κ3) is 5.11. The van der Waals surface area contributed by atoms with Gasteiger partial charge in [-0.3, -0.25) is 0 Å². The van der Waals surface area contributed by atoms with Crippen molar-refractivity contribution in [2.24, 2.45) is 5.92 Å². The molecule has 9 heteroatoms. The molecule has 0 aliphatic heterocycles. The number of hydrogen-bond donors (Lipinski definition) is 1. The van der Waals surface area contributed by atoms with Crippen molar-refractivity contribution in [3.05, 3.63) is 29.1 Å². The monoisotopic (exact) mass is 399 g/mol. The summed E-state index contributed by atoms with van der Waals surface area (Å²) in [6.07, 6.45) is 5.83. The Morgan fingerprint density at radius 3 is 2.88 bits per heavy atom. The van der Waals surface area contributed by atoms with Gasteiger partial charge in [0.2, 0.25) is 5.89 Å². The highest BCUT2D eigenvalue weighted by Gasteiger charge is 2.24. The van der Waals surface area contributed by atoms with Crippen molar-refractivity contribution in [2.75, 3.05) is 11.3 Å². The van der Waals surface area contributed by atoms with Gasteiger partial charge in [-0.2, -0.15) is 0 Å². The molecular weight excluding hydrogens is 378 g/mol. The number of nitrogens with one attached hydrogen (secondary N) is 1. The van der Waals surface area contributed by atoms with Crippen LogP contribution in [0.25, 0.3) is 0 Å². The van der Waals surface area contributed by atoms with Crippen molar-refractivity contribution in [1.82, 2.24) is 10.2 Å². The van der Waals surface area contributed by atoms with Gasteiger partial charge >= 0.3 is 6.01 Å². The Morgan fingerprint density at radius 1 is 1.35 bits per heavy atom. The number of benzene rings is 1. The summed E-state index contributed by atoms with van der Waals surface area (Å²) in [5.41, 5.74) is 0. The molecule has 1 aliphatic carbocycles. The normalized spacial score (nSPS) is 14.4. The number of unbranched alkanes of at least 4 members (excludes halogenated alkanes) is 1. The molecule has 3 rings (SSSR count). The quantitative estimate of drug-likeness (QED) is 0.647. The van der Waals surface area contributed by atoms with Crippen LogP contribution >= 0.6 is 11.6 Å². The molecule has 0 radical (unpaired) electrons. The molecule has 0 atom stereocenters. The molecule has 1 aromatic carbocycles. The van der Waals surface area contributed by atoms with Gasteiger partial charge in [0.1, 0.15) is 10.6 Å². The van der Waals surface area contributed by atoms with Crippen LogP contribution in [-0.2, 0) is 16.4 Å². The molecule has 1 saturated carbocycles. The van der Waals surface area contributed by atoms with Crippen LogP contribution in [0, 0.1) is 5.92 Å². The number of aryl methyl sites for hydroxylation is 1. The third-order valence-corrected chi connectivity index (χ3v) is 5.69. The zero-order chi connectivity index (χ0) is 18.6. The van der Waals surface area contributed by atoms with Crippen LogP contribution < -0.4 is 9.46 Å². The molecule has 0 bridgehead atoms. The molecule has 1 aliphatic rings. The number of rotatable bonds is 10. The first-order valence-electron chi connectivity index (χ1n) is 8.75. The van der Waals surface area contributed by atoms with E-state index in [1.165, 1.54) is 18.9 Å². The van der Waals surface area contributed by atoms with Gasteiger partial charge in [-0.05, 0) is 37.0 Å². The Kier molecular flexibility index (Phi) is 6.03. The molecule has 0 unspecified atom stereocenters. The van der Waals surface area contributed by atoms with E-state index >= 15 is 0 Å². The van der Waals surface area contributed by atoms with Crippen LogP contribution in [0.1, 0.15) is 44.9 Å². The lowest BCUT2D eigenvalue weighted by molar-refractivity contribution is 0.295. The zero-order valence-electron chi connectivity index (χ0n) is 14.6. The standard InChI is InChI=1S/C17H22ClN3O4S/c1-2-3-4-16-19-20-17(25-16)21-26(22,23)15-11-13(18)7-8-14(15)24-10-9-12-5-6-12/h7-8,11-12H,2-6,9-10H2,1H3,(H,20,21). The summed E-state index contributed by atoms with van der Waals surface area (Å²) in [4.78, 5) is -0.0471. The van der Waals surface area contributed by atoms with E-state index in [1.807, 2.05) is 6.92 Å². The van der Waals surface area contributed by atoms with Crippen molar-refractivity contribution in [1.29, 1.82) is 0 Å². The van der Waals surface area contributed by atoms with E-state index in [0.29, 0.717) is 29.9 Å². The Balaban J connectivity index is 1.74. The van der Waals surface area contributed by atoms with Crippen molar-refractivity contribution >= 4 is 27.6 Å². The number of aromatic nitrogens is 2. The van der Waals surface area contributed by atoms with Gasteiger partial charge in [0, 0.05) is 11.4 Å². The summed E-state index contributed by atoms with van der Waals surface area (Å²) < 4.78 is 38.8. The highest BCUT2D eigenvalue weighted by Crippen LogP contribution is 2.33. The van der Waals surface area contributed by atoms with Crippen LogP contribution in [0.4, 0.5) is 6.01 Å². The average Bonchev–Trinajstić information content (AvgIpc) is 3.32. The molecule has 2 aromatic rings. The second-order valence-electron chi connectivity index (χ2n) is 6.38. The van der Waals surface area contributed by atoms with E-state index in [-0.39, 0.29) is 16.7 Å². The van der Waals surface area contributed by atoms with E-state index in [9.17, 15) is 8.42 Å². The summed E-state index contributed by atoms with van der Waals surface area (Å²) in [5.74, 6) is 1.35. The summed E-state index contributed by atoms with van der Waals surface area (Å²) in [6.45, 7) is 2.51. The molecule has 0 spiro atoms. The second-order valence-corrected chi connectivity index (χ2v) is 8.47. The van der Waals surface area contributed by atoms with E-state index in [0.717, 1.165) is 19.3 Å². The van der Waals surface area contributed by atoms with Gasteiger partial charge in [0.25, 0.3) is 10.0 Å². The highest BCUT2D eigenvalue weighted by molar-refractivity contribution is 7.92. The Bertz CT molecular complexity index is 849. The van der Waals surface area contributed by atoms with Crippen LogP contribution in [0.2, 0.25) is 5.02 Å². The minimum Gasteiger partial charge on any atom is -0.492 e.